The summed E-state index contributed by atoms with van der Waals surface area (Å²) in [7, 11) is 0. The van der Waals surface area contributed by atoms with Crippen LogP contribution in [0.25, 0.3) is 0 Å². The summed E-state index contributed by atoms with van der Waals surface area (Å²) in [5.41, 5.74) is -0.336. The van der Waals surface area contributed by atoms with Crippen molar-refractivity contribution in [1.29, 1.82) is 5.26 Å². The molecule has 0 heterocycles. The van der Waals surface area contributed by atoms with Gasteiger partial charge in [0, 0.05) is 19.5 Å². The van der Waals surface area contributed by atoms with E-state index in [9.17, 15) is 13.2 Å². The molecule has 0 unspecified atom stereocenters. The van der Waals surface area contributed by atoms with Gasteiger partial charge >= 0.3 is 6.18 Å². The lowest BCUT2D eigenvalue weighted by Crippen LogP contribution is -2.24. The summed E-state index contributed by atoms with van der Waals surface area (Å²) >= 11 is 0. The molecule has 2 rings (SSSR count). The van der Waals surface area contributed by atoms with Crippen LogP contribution >= 0.6 is 0 Å². The molecule has 0 spiro atoms. The Balaban J connectivity index is 1.95. The van der Waals surface area contributed by atoms with Gasteiger partial charge in [-0.15, -0.1) is 0 Å². The molecule has 0 radical (unpaired) electrons. The first-order chi connectivity index (χ1) is 8.97. The number of hydrogen-bond acceptors (Lipinski definition) is 2. The molecule has 1 aromatic carbocycles. The third-order valence-electron chi connectivity index (χ3n) is 3.55. The highest BCUT2D eigenvalue weighted by Gasteiger charge is 2.42. The highest BCUT2D eigenvalue weighted by Crippen LogP contribution is 2.47. The summed E-state index contributed by atoms with van der Waals surface area (Å²) in [4.78, 5) is 0. The number of halogens is 3. The van der Waals surface area contributed by atoms with Crippen LogP contribution in [0, 0.1) is 16.7 Å². The van der Waals surface area contributed by atoms with Crippen LogP contribution in [-0.2, 0) is 12.7 Å². The average molecular weight is 268 g/mol. The fourth-order valence-corrected chi connectivity index (χ4v) is 2.17. The van der Waals surface area contributed by atoms with Crippen LogP contribution in [0.3, 0.4) is 0 Å². The third kappa shape index (κ3) is 3.48. The molecule has 0 aromatic heterocycles. The second-order valence-corrected chi connectivity index (χ2v) is 5.09. The van der Waals surface area contributed by atoms with Crippen LogP contribution in [0.5, 0.6) is 0 Å². The maximum Gasteiger partial charge on any atom is 0.416 e. The van der Waals surface area contributed by atoms with Crippen molar-refractivity contribution >= 4 is 0 Å². The smallest absolute Gasteiger partial charge is 0.312 e. The highest BCUT2D eigenvalue weighted by atomic mass is 19.4. The monoisotopic (exact) mass is 268 g/mol. The molecule has 1 aliphatic carbocycles. The van der Waals surface area contributed by atoms with Gasteiger partial charge in [-0.3, -0.25) is 0 Å². The molecule has 1 aromatic rings. The summed E-state index contributed by atoms with van der Waals surface area (Å²) in [6.07, 6.45) is -1.88. The Morgan fingerprint density at radius 2 is 1.95 bits per heavy atom. The number of nitrogens with one attached hydrogen (secondary N) is 1. The molecular formula is C14H15F3N2. The van der Waals surface area contributed by atoms with Crippen molar-refractivity contribution < 1.29 is 13.2 Å². The first-order valence-electron chi connectivity index (χ1n) is 6.20. The Bertz CT molecular complexity index is 484. The summed E-state index contributed by atoms with van der Waals surface area (Å²) in [5, 5.41) is 11.7. The van der Waals surface area contributed by atoms with E-state index in [0.717, 1.165) is 18.9 Å². The first-order valence-corrected chi connectivity index (χ1v) is 6.20. The Morgan fingerprint density at radius 3 is 2.53 bits per heavy atom. The van der Waals surface area contributed by atoms with Crippen LogP contribution in [0.2, 0.25) is 0 Å². The summed E-state index contributed by atoms with van der Waals surface area (Å²) in [6.45, 7) is 0.787. The number of nitrogens with zero attached hydrogens (tertiary/aromatic N) is 1. The van der Waals surface area contributed by atoms with Gasteiger partial charge in [0.1, 0.15) is 0 Å². The average Bonchev–Trinajstić information content (AvgIpc) is 3.09. The van der Waals surface area contributed by atoms with Crippen LogP contribution in [0.15, 0.2) is 24.3 Å². The minimum absolute atomic E-state index is 0.00191. The lowest BCUT2D eigenvalue weighted by Gasteiger charge is -2.15. The van der Waals surface area contributed by atoms with Crippen LogP contribution in [0.1, 0.15) is 30.4 Å². The molecule has 1 N–H and O–H groups in total. The van der Waals surface area contributed by atoms with E-state index in [1.54, 1.807) is 6.07 Å². The van der Waals surface area contributed by atoms with E-state index in [1.807, 2.05) is 0 Å². The second-order valence-electron chi connectivity index (χ2n) is 5.09. The molecule has 102 valence electrons. The highest BCUT2D eigenvalue weighted by molar-refractivity contribution is 5.29. The van der Waals surface area contributed by atoms with Gasteiger partial charge in [0.25, 0.3) is 0 Å². The molecule has 19 heavy (non-hydrogen) atoms. The van der Waals surface area contributed by atoms with Gasteiger partial charge in [-0.1, -0.05) is 18.2 Å². The Kier molecular flexibility index (Phi) is 3.81. The second kappa shape index (κ2) is 5.22. The maximum absolute atomic E-state index is 12.8. The van der Waals surface area contributed by atoms with Gasteiger partial charge in [0.15, 0.2) is 0 Å². The largest absolute Gasteiger partial charge is 0.416 e. The number of rotatable bonds is 5. The SMILES string of the molecule is N#CCC1(CNCc2ccccc2C(F)(F)F)CC1. The van der Waals surface area contributed by atoms with Crippen molar-refractivity contribution in [2.45, 2.75) is 32.0 Å². The van der Waals surface area contributed by atoms with Gasteiger partial charge in [-0.05, 0) is 29.9 Å². The fourth-order valence-electron chi connectivity index (χ4n) is 2.17. The Morgan fingerprint density at radius 1 is 1.26 bits per heavy atom. The van der Waals surface area contributed by atoms with Crippen molar-refractivity contribution in [3.05, 3.63) is 35.4 Å². The van der Waals surface area contributed by atoms with Crippen molar-refractivity contribution in [3.8, 4) is 6.07 Å². The van der Waals surface area contributed by atoms with E-state index in [-0.39, 0.29) is 17.5 Å². The first kappa shape index (κ1) is 13.9. The van der Waals surface area contributed by atoms with Crippen LogP contribution < -0.4 is 5.32 Å². The van der Waals surface area contributed by atoms with Crippen LogP contribution in [0.4, 0.5) is 13.2 Å². The molecule has 0 bridgehead atoms. The number of hydrogen-bond donors (Lipinski definition) is 1. The fraction of sp³-hybridized carbons (Fsp3) is 0.500. The predicted octanol–water partition coefficient (Wildman–Crippen LogP) is 3.49. The van der Waals surface area contributed by atoms with Crippen LogP contribution in [-0.4, -0.2) is 6.54 Å². The quantitative estimate of drug-likeness (QED) is 0.887. The van der Waals surface area contributed by atoms with E-state index in [4.69, 9.17) is 5.26 Å². The molecule has 0 saturated heterocycles. The van der Waals surface area contributed by atoms with Crippen molar-refractivity contribution in [2.24, 2.45) is 5.41 Å². The summed E-state index contributed by atoms with van der Waals surface area (Å²) in [6, 6.07) is 7.72. The summed E-state index contributed by atoms with van der Waals surface area (Å²) < 4.78 is 38.3. The third-order valence-corrected chi connectivity index (χ3v) is 3.55. The molecule has 5 heteroatoms. The molecule has 0 aliphatic heterocycles. The Hall–Kier alpha value is -1.54. The van der Waals surface area contributed by atoms with E-state index in [0.29, 0.717) is 13.0 Å². The van der Waals surface area contributed by atoms with Crippen molar-refractivity contribution in [2.75, 3.05) is 6.54 Å². The maximum atomic E-state index is 12.8. The zero-order valence-corrected chi connectivity index (χ0v) is 10.4. The van der Waals surface area contributed by atoms with E-state index in [1.165, 1.54) is 12.1 Å². The van der Waals surface area contributed by atoms with Crippen molar-refractivity contribution in [1.82, 2.24) is 5.32 Å². The van der Waals surface area contributed by atoms with Gasteiger partial charge in [-0.2, -0.15) is 18.4 Å². The summed E-state index contributed by atoms with van der Waals surface area (Å²) in [5.74, 6) is 0. The Labute approximate surface area is 110 Å². The molecule has 0 atom stereocenters. The van der Waals surface area contributed by atoms with Gasteiger partial charge in [-0.25, -0.2) is 0 Å². The van der Waals surface area contributed by atoms with Gasteiger partial charge in [0.05, 0.1) is 11.6 Å². The molecule has 0 amide bonds. The topological polar surface area (TPSA) is 35.8 Å². The number of benzene rings is 1. The zero-order chi connectivity index (χ0) is 13.9. The van der Waals surface area contributed by atoms with E-state index < -0.39 is 11.7 Å². The molecular weight excluding hydrogens is 253 g/mol. The van der Waals surface area contributed by atoms with Gasteiger partial charge in [0.2, 0.25) is 0 Å². The molecule has 1 fully saturated rings. The van der Waals surface area contributed by atoms with E-state index >= 15 is 0 Å². The van der Waals surface area contributed by atoms with Gasteiger partial charge < -0.3 is 5.32 Å². The normalized spacial score (nSPS) is 16.9. The minimum atomic E-state index is -4.32. The lowest BCUT2D eigenvalue weighted by atomic mass is 10.0. The molecule has 1 saturated carbocycles. The standard InChI is InChI=1S/C14H15F3N2/c15-14(16,17)12-4-2-1-3-11(12)9-19-10-13(5-6-13)7-8-18/h1-4,19H,5-7,9-10H2. The molecule has 2 nitrogen and oxygen atoms in total. The lowest BCUT2D eigenvalue weighted by molar-refractivity contribution is -0.138. The van der Waals surface area contributed by atoms with Crippen molar-refractivity contribution in [3.63, 3.8) is 0 Å². The minimum Gasteiger partial charge on any atom is -0.312 e. The molecule has 1 aliphatic rings. The zero-order valence-electron chi connectivity index (χ0n) is 10.4. The van der Waals surface area contributed by atoms with E-state index in [2.05, 4.69) is 11.4 Å². The number of nitriles is 1. The number of alkyl halides is 3. The predicted molar refractivity (Wildman–Crippen MR) is 65.0 cm³/mol.